The molecule has 1 saturated heterocycles. The maximum Gasteiger partial charge on any atom is 0.243 e. The van der Waals surface area contributed by atoms with Crippen LogP contribution in [0, 0.1) is 0 Å². The van der Waals surface area contributed by atoms with Crippen molar-refractivity contribution in [1.29, 1.82) is 0 Å². The molecule has 2 heterocycles. The summed E-state index contributed by atoms with van der Waals surface area (Å²) < 4.78 is 32.2. The molecule has 1 aliphatic heterocycles. The van der Waals surface area contributed by atoms with Crippen LogP contribution < -0.4 is 4.74 Å². The average Bonchev–Trinajstić information content (AvgIpc) is 2.52. The number of nitrogens with zero attached hydrogens (tertiary/aromatic N) is 2. The first-order chi connectivity index (χ1) is 11.1. The van der Waals surface area contributed by atoms with Gasteiger partial charge in [0.15, 0.2) is 0 Å². The zero-order chi connectivity index (χ0) is 16.3. The van der Waals surface area contributed by atoms with Crippen LogP contribution in [-0.4, -0.2) is 36.9 Å². The molecule has 0 atom stereocenters. The second kappa shape index (κ2) is 6.68. The highest BCUT2D eigenvalue weighted by atomic mass is 32.2. The number of hydrogen-bond acceptors (Lipinski definition) is 4. The van der Waals surface area contributed by atoms with Crippen molar-refractivity contribution in [2.24, 2.45) is 0 Å². The van der Waals surface area contributed by atoms with Crippen molar-refractivity contribution in [2.45, 2.75) is 30.8 Å². The van der Waals surface area contributed by atoms with Gasteiger partial charge in [-0.15, -0.1) is 0 Å². The van der Waals surface area contributed by atoms with Crippen LogP contribution in [0.5, 0.6) is 5.88 Å². The van der Waals surface area contributed by atoms with E-state index in [-0.39, 0.29) is 6.10 Å². The Labute approximate surface area is 137 Å². The van der Waals surface area contributed by atoms with E-state index in [0.29, 0.717) is 23.9 Å². The Hall–Kier alpha value is -1.92. The van der Waals surface area contributed by atoms with Crippen molar-refractivity contribution in [3.05, 3.63) is 54.2 Å². The summed E-state index contributed by atoms with van der Waals surface area (Å²) in [5.41, 5.74) is 1.16. The molecule has 5 nitrogen and oxygen atoms in total. The summed E-state index contributed by atoms with van der Waals surface area (Å²) >= 11 is 0. The molecule has 0 aliphatic carbocycles. The third-order valence-electron chi connectivity index (χ3n) is 3.84. The van der Waals surface area contributed by atoms with Crippen LogP contribution in [0.1, 0.15) is 18.9 Å². The summed E-state index contributed by atoms with van der Waals surface area (Å²) in [6.07, 6.45) is 3.52. The molecule has 0 radical (unpaired) electrons. The molecule has 0 saturated carbocycles. The molecule has 122 valence electrons. The maximum atomic E-state index is 12.5. The van der Waals surface area contributed by atoms with Gasteiger partial charge in [0.1, 0.15) is 6.10 Å². The molecule has 1 aromatic heterocycles. The fraction of sp³-hybridized carbons (Fsp3) is 0.353. The smallest absolute Gasteiger partial charge is 0.243 e. The highest BCUT2D eigenvalue weighted by Gasteiger charge is 2.38. The van der Waals surface area contributed by atoms with Gasteiger partial charge in [-0.25, -0.2) is 13.4 Å². The van der Waals surface area contributed by atoms with E-state index in [1.807, 2.05) is 24.3 Å². The molecule has 0 bridgehead atoms. The minimum Gasteiger partial charge on any atom is -0.472 e. The van der Waals surface area contributed by atoms with Crippen molar-refractivity contribution in [3.63, 3.8) is 0 Å². The van der Waals surface area contributed by atoms with Gasteiger partial charge in [-0.3, -0.25) is 0 Å². The largest absolute Gasteiger partial charge is 0.472 e. The van der Waals surface area contributed by atoms with Gasteiger partial charge in [-0.2, -0.15) is 4.31 Å². The van der Waals surface area contributed by atoms with Gasteiger partial charge in [0, 0.05) is 12.3 Å². The van der Waals surface area contributed by atoms with E-state index in [1.54, 1.807) is 24.4 Å². The van der Waals surface area contributed by atoms with Gasteiger partial charge in [0.05, 0.1) is 18.0 Å². The fourth-order valence-corrected chi connectivity index (χ4v) is 4.03. The van der Waals surface area contributed by atoms with Crippen LogP contribution in [0.2, 0.25) is 0 Å². The van der Waals surface area contributed by atoms with Crippen LogP contribution in [0.25, 0.3) is 0 Å². The van der Waals surface area contributed by atoms with Crippen molar-refractivity contribution in [3.8, 4) is 5.88 Å². The highest BCUT2D eigenvalue weighted by molar-refractivity contribution is 7.89. The van der Waals surface area contributed by atoms with E-state index in [2.05, 4.69) is 11.9 Å². The molecule has 0 spiro atoms. The third-order valence-corrected chi connectivity index (χ3v) is 5.69. The Morgan fingerprint density at radius 2 is 1.91 bits per heavy atom. The van der Waals surface area contributed by atoms with Gasteiger partial charge in [0.25, 0.3) is 0 Å². The second-order valence-corrected chi connectivity index (χ2v) is 7.56. The Morgan fingerprint density at radius 3 is 2.52 bits per heavy atom. The summed E-state index contributed by atoms with van der Waals surface area (Å²) in [5, 5.41) is 0. The molecule has 1 fully saturated rings. The summed E-state index contributed by atoms with van der Waals surface area (Å²) in [7, 11) is -3.43. The van der Waals surface area contributed by atoms with Crippen molar-refractivity contribution in [1.82, 2.24) is 9.29 Å². The lowest BCUT2D eigenvalue weighted by Crippen LogP contribution is -2.56. The zero-order valence-electron chi connectivity index (χ0n) is 13.1. The lowest BCUT2D eigenvalue weighted by molar-refractivity contribution is 0.0721. The molecule has 3 rings (SSSR count). The molecule has 23 heavy (non-hydrogen) atoms. The standard InChI is InChI=1S/C17H20N2O3S/c1-2-5-14-7-9-16(10-8-14)23(20,21)19-12-15(13-19)22-17-6-3-4-11-18-17/h3-4,6-11,15H,2,5,12-13H2,1H3. The van der Waals surface area contributed by atoms with Crippen molar-refractivity contribution in [2.75, 3.05) is 13.1 Å². The quantitative estimate of drug-likeness (QED) is 0.815. The van der Waals surface area contributed by atoms with Crippen LogP contribution >= 0.6 is 0 Å². The number of ether oxygens (including phenoxy) is 1. The van der Waals surface area contributed by atoms with Crippen molar-refractivity contribution >= 4 is 10.0 Å². The Kier molecular flexibility index (Phi) is 4.63. The molecular formula is C17H20N2O3S. The van der Waals surface area contributed by atoms with Gasteiger partial charge in [0.2, 0.25) is 15.9 Å². The fourth-order valence-electron chi connectivity index (χ4n) is 2.52. The predicted molar refractivity (Wildman–Crippen MR) is 87.8 cm³/mol. The molecule has 1 aliphatic rings. The maximum absolute atomic E-state index is 12.5. The molecule has 1 aromatic carbocycles. The number of pyridine rings is 1. The van der Waals surface area contributed by atoms with E-state index in [9.17, 15) is 8.42 Å². The molecular weight excluding hydrogens is 312 g/mol. The Bertz CT molecular complexity index is 739. The van der Waals surface area contributed by atoms with Gasteiger partial charge < -0.3 is 4.74 Å². The first-order valence-electron chi connectivity index (χ1n) is 7.76. The number of sulfonamides is 1. The van der Waals surface area contributed by atoms with Crippen LogP contribution in [0.4, 0.5) is 0 Å². The molecule has 2 aromatic rings. The molecule has 6 heteroatoms. The summed E-state index contributed by atoms with van der Waals surface area (Å²) in [6.45, 7) is 2.82. The first kappa shape index (κ1) is 16.0. The van der Waals surface area contributed by atoms with E-state index in [1.165, 1.54) is 4.31 Å². The minimum absolute atomic E-state index is 0.140. The van der Waals surface area contributed by atoms with E-state index >= 15 is 0 Å². The SMILES string of the molecule is CCCc1ccc(S(=O)(=O)N2CC(Oc3ccccn3)C2)cc1. The second-order valence-electron chi connectivity index (χ2n) is 5.62. The first-order valence-corrected chi connectivity index (χ1v) is 9.20. The number of hydrogen-bond donors (Lipinski definition) is 0. The van der Waals surface area contributed by atoms with Crippen molar-refractivity contribution < 1.29 is 13.2 Å². The Morgan fingerprint density at radius 1 is 1.17 bits per heavy atom. The number of aryl methyl sites for hydroxylation is 1. The Balaban J connectivity index is 1.61. The van der Waals surface area contributed by atoms with E-state index in [0.717, 1.165) is 18.4 Å². The van der Waals surface area contributed by atoms with E-state index in [4.69, 9.17) is 4.74 Å². The van der Waals surface area contributed by atoms with Crippen LogP contribution in [0.15, 0.2) is 53.6 Å². The lowest BCUT2D eigenvalue weighted by Gasteiger charge is -2.37. The summed E-state index contributed by atoms with van der Waals surface area (Å²) in [6, 6.07) is 12.6. The summed E-state index contributed by atoms with van der Waals surface area (Å²) in [4.78, 5) is 4.42. The highest BCUT2D eigenvalue weighted by Crippen LogP contribution is 2.24. The number of rotatable bonds is 6. The third kappa shape index (κ3) is 3.54. The lowest BCUT2D eigenvalue weighted by atomic mass is 10.1. The summed E-state index contributed by atoms with van der Waals surface area (Å²) in [5.74, 6) is 0.526. The van der Waals surface area contributed by atoms with Gasteiger partial charge in [-0.1, -0.05) is 31.5 Å². The monoisotopic (exact) mass is 332 g/mol. The van der Waals surface area contributed by atoms with E-state index < -0.39 is 10.0 Å². The number of aromatic nitrogens is 1. The normalized spacial score (nSPS) is 16.0. The topological polar surface area (TPSA) is 59.5 Å². The van der Waals surface area contributed by atoms with Crippen LogP contribution in [-0.2, 0) is 16.4 Å². The average molecular weight is 332 g/mol. The minimum atomic E-state index is -3.43. The number of benzene rings is 1. The zero-order valence-corrected chi connectivity index (χ0v) is 13.9. The van der Waals surface area contributed by atoms with Crippen LogP contribution in [0.3, 0.4) is 0 Å². The van der Waals surface area contributed by atoms with Gasteiger partial charge in [-0.05, 0) is 30.2 Å². The molecule has 0 unspecified atom stereocenters. The van der Waals surface area contributed by atoms with Gasteiger partial charge >= 0.3 is 0 Å². The molecule has 0 N–H and O–H groups in total. The predicted octanol–water partition coefficient (Wildman–Crippen LogP) is 2.49. The molecule has 0 amide bonds.